The average Bonchev–Trinajstić information content (AvgIpc) is 2.37. The van der Waals surface area contributed by atoms with Gasteiger partial charge in [0.2, 0.25) is 0 Å². The van der Waals surface area contributed by atoms with Gasteiger partial charge in [0.05, 0.1) is 16.7 Å². The van der Waals surface area contributed by atoms with Gasteiger partial charge in [-0.3, -0.25) is 0 Å². The van der Waals surface area contributed by atoms with Crippen LogP contribution in [0.5, 0.6) is 11.5 Å². The SMILES string of the molecule is CCCOC(=O)C(C)=COc1cccc(Br)c1O. The van der Waals surface area contributed by atoms with Crippen molar-refractivity contribution in [1.82, 2.24) is 0 Å². The van der Waals surface area contributed by atoms with E-state index in [9.17, 15) is 9.90 Å². The molecule has 0 saturated carbocycles. The molecule has 1 N–H and O–H groups in total. The molecule has 0 aliphatic rings. The number of aromatic hydroxyl groups is 1. The van der Waals surface area contributed by atoms with Crippen LogP contribution in [0.25, 0.3) is 0 Å². The Morgan fingerprint density at radius 2 is 2.22 bits per heavy atom. The Hall–Kier alpha value is -1.49. The van der Waals surface area contributed by atoms with Gasteiger partial charge >= 0.3 is 5.97 Å². The molecule has 0 bridgehead atoms. The summed E-state index contributed by atoms with van der Waals surface area (Å²) in [4.78, 5) is 11.4. The molecule has 0 aliphatic carbocycles. The average molecular weight is 315 g/mol. The van der Waals surface area contributed by atoms with Crippen molar-refractivity contribution in [2.45, 2.75) is 20.3 Å². The zero-order valence-corrected chi connectivity index (χ0v) is 11.9. The predicted octanol–water partition coefficient (Wildman–Crippen LogP) is 3.39. The number of hydrogen-bond donors (Lipinski definition) is 1. The second-order valence-electron chi connectivity index (χ2n) is 3.64. The molecule has 0 radical (unpaired) electrons. The monoisotopic (exact) mass is 314 g/mol. The first-order valence-corrected chi connectivity index (χ1v) is 6.33. The summed E-state index contributed by atoms with van der Waals surface area (Å²) in [6.45, 7) is 3.89. The second kappa shape index (κ2) is 7.06. The lowest BCUT2D eigenvalue weighted by atomic mass is 10.3. The summed E-state index contributed by atoms with van der Waals surface area (Å²) in [5.74, 6) is -0.165. The van der Waals surface area contributed by atoms with Crippen molar-refractivity contribution in [3.8, 4) is 11.5 Å². The van der Waals surface area contributed by atoms with Crippen molar-refractivity contribution >= 4 is 21.9 Å². The normalized spacial score (nSPS) is 11.2. The van der Waals surface area contributed by atoms with Crippen LogP contribution in [0.4, 0.5) is 0 Å². The minimum atomic E-state index is -0.425. The van der Waals surface area contributed by atoms with E-state index in [2.05, 4.69) is 15.9 Å². The van der Waals surface area contributed by atoms with Crippen molar-refractivity contribution in [2.75, 3.05) is 6.61 Å². The van der Waals surface area contributed by atoms with Gasteiger partial charge in [0.25, 0.3) is 0 Å². The molecule has 18 heavy (non-hydrogen) atoms. The molecule has 0 unspecified atom stereocenters. The molecular weight excluding hydrogens is 300 g/mol. The number of esters is 1. The van der Waals surface area contributed by atoms with Crippen molar-refractivity contribution in [2.24, 2.45) is 0 Å². The van der Waals surface area contributed by atoms with Gasteiger partial charge in [0, 0.05) is 0 Å². The number of para-hydroxylation sites is 1. The Bertz CT molecular complexity index is 454. The van der Waals surface area contributed by atoms with Gasteiger partial charge < -0.3 is 14.6 Å². The van der Waals surface area contributed by atoms with E-state index in [1.807, 2.05) is 6.92 Å². The number of halogens is 1. The van der Waals surface area contributed by atoms with Gasteiger partial charge in [0.1, 0.15) is 6.26 Å². The molecule has 0 fully saturated rings. The van der Waals surface area contributed by atoms with Gasteiger partial charge in [-0.2, -0.15) is 0 Å². The summed E-state index contributed by atoms with van der Waals surface area (Å²) in [6.07, 6.45) is 2.03. The lowest BCUT2D eigenvalue weighted by Crippen LogP contribution is -2.07. The van der Waals surface area contributed by atoms with Gasteiger partial charge in [-0.25, -0.2) is 4.79 Å². The van der Waals surface area contributed by atoms with Crippen LogP contribution < -0.4 is 4.74 Å². The molecule has 0 spiro atoms. The summed E-state index contributed by atoms with van der Waals surface area (Å²) in [5, 5.41) is 9.67. The third-order valence-corrected chi connectivity index (χ3v) is 2.71. The highest BCUT2D eigenvalue weighted by Crippen LogP contribution is 2.33. The molecule has 0 aliphatic heterocycles. The quantitative estimate of drug-likeness (QED) is 0.514. The van der Waals surface area contributed by atoms with Crippen molar-refractivity contribution in [1.29, 1.82) is 0 Å². The molecule has 0 aromatic heterocycles. The Morgan fingerprint density at radius 3 is 2.89 bits per heavy atom. The second-order valence-corrected chi connectivity index (χ2v) is 4.50. The highest BCUT2D eigenvalue weighted by molar-refractivity contribution is 9.10. The van der Waals surface area contributed by atoms with Crippen molar-refractivity contribution < 1.29 is 19.4 Å². The summed E-state index contributed by atoms with van der Waals surface area (Å²) in [7, 11) is 0. The summed E-state index contributed by atoms with van der Waals surface area (Å²) in [5.41, 5.74) is 0.336. The predicted molar refractivity (Wildman–Crippen MR) is 71.4 cm³/mol. The maximum Gasteiger partial charge on any atom is 0.336 e. The molecule has 0 heterocycles. The third kappa shape index (κ3) is 4.07. The first-order chi connectivity index (χ1) is 8.56. The summed E-state index contributed by atoms with van der Waals surface area (Å²) >= 11 is 3.17. The molecule has 0 saturated heterocycles. The lowest BCUT2D eigenvalue weighted by molar-refractivity contribution is -0.139. The molecule has 4 nitrogen and oxygen atoms in total. The van der Waals surface area contributed by atoms with E-state index < -0.39 is 5.97 Å². The number of phenolic OH excluding ortho intramolecular Hbond substituents is 1. The van der Waals surface area contributed by atoms with Crippen LogP contribution in [0.2, 0.25) is 0 Å². The smallest absolute Gasteiger partial charge is 0.336 e. The Morgan fingerprint density at radius 1 is 1.50 bits per heavy atom. The van der Waals surface area contributed by atoms with Crippen LogP contribution in [0, 0.1) is 0 Å². The minimum Gasteiger partial charge on any atom is -0.503 e. The highest BCUT2D eigenvalue weighted by Gasteiger charge is 2.08. The molecule has 1 aromatic carbocycles. The van der Waals surface area contributed by atoms with Gasteiger partial charge in [-0.1, -0.05) is 13.0 Å². The number of carbonyl (C=O) groups excluding carboxylic acids is 1. The number of benzene rings is 1. The Kier molecular flexibility index (Phi) is 5.71. The molecule has 0 atom stereocenters. The largest absolute Gasteiger partial charge is 0.503 e. The fourth-order valence-electron chi connectivity index (χ4n) is 1.10. The number of hydrogen-bond acceptors (Lipinski definition) is 4. The topological polar surface area (TPSA) is 55.8 Å². The molecule has 5 heteroatoms. The van der Waals surface area contributed by atoms with Crippen LogP contribution in [-0.2, 0) is 9.53 Å². The van der Waals surface area contributed by atoms with Gasteiger partial charge in [-0.05, 0) is 41.4 Å². The van der Waals surface area contributed by atoms with Crippen LogP contribution in [0.15, 0.2) is 34.5 Å². The maximum atomic E-state index is 11.4. The summed E-state index contributed by atoms with van der Waals surface area (Å²) in [6, 6.07) is 5.01. The van der Waals surface area contributed by atoms with Crippen LogP contribution in [0.3, 0.4) is 0 Å². The molecular formula is C13H15BrO4. The fourth-order valence-corrected chi connectivity index (χ4v) is 1.45. The number of rotatable bonds is 5. The Balaban J connectivity index is 2.68. The van der Waals surface area contributed by atoms with Crippen molar-refractivity contribution in [3.05, 3.63) is 34.5 Å². The maximum absolute atomic E-state index is 11.4. The Labute approximate surface area is 114 Å². The number of phenols is 1. The highest BCUT2D eigenvalue weighted by atomic mass is 79.9. The first-order valence-electron chi connectivity index (χ1n) is 5.54. The van der Waals surface area contributed by atoms with E-state index in [0.29, 0.717) is 16.7 Å². The zero-order chi connectivity index (χ0) is 13.5. The van der Waals surface area contributed by atoms with Crippen LogP contribution >= 0.6 is 15.9 Å². The molecule has 0 amide bonds. The van der Waals surface area contributed by atoms with Gasteiger partial charge in [0.15, 0.2) is 11.5 Å². The zero-order valence-electron chi connectivity index (χ0n) is 10.3. The number of ether oxygens (including phenoxy) is 2. The fraction of sp³-hybridized carbons (Fsp3) is 0.308. The standard InChI is InChI=1S/C13H15BrO4/c1-3-7-17-13(16)9(2)8-18-11-6-4-5-10(14)12(11)15/h4-6,8,15H,3,7H2,1-2H3. The minimum absolute atomic E-state index is 0.0107. The van der Waals surface area contributed by atoms with E-state index in [4.69, 9.17) is 9.47 Å². The van der Waals surface area contributed by atoms with E-state index >= 15 is 0 Å². The molecule has 98 valence electrons. The van der Waals surface area contributed by atoms with Gasteiger partial charge in [-0.15, -0.1) is 0 Å². The summed E-state index contributed by atoms with van der Waals surface area (Å²) < 4.78 is 10.7. The van der Waals surface area contributed by atoms with Crippen LogP contribution in [0.1, 0.15) is 20.3 Å². The first kappa shape index (κ1) is 14.6. The van der Waals surface area contributed by atoms with Crippen molar-refractivity contribution in [3.63, 3.8) is 0 Å². The third-order valence-electron chi connectivity index (χ3n) is 2.07. The van der Waals surface area contributed by atoms with E-state index in [0.717, 1.165) is 6.42 Å². The van der Waals surface area contributed by atoms with E-state index in [-0.39, 0.29) is 11.5 Å². The molecule has 1 rings (SSSR count). The lowest BCUT2D eigenvalue weighted by Gasteiger charge is -2.06. The van der Waals surface area contributed by atoms with E-state index in [1.165, 1.54) is 6.26 Å². The number of carbonyl (C=O) groups is 1. The molecule has 1 aromatic rings. The van der Waals surface area contributed by atoms with Crippen LogP contribution in [-0.4, -0.2) is 17.7 Å². The van der Waals surface area contributed by atoms with E-state index in [1.54, 1.807) is 25.1 Å².